The molecule has 0 fully saturated rings. The summed E-state index contributed by atoms with van der Waals surface area (Å²) in [6, 6.07) is 3.88. The predicted octanol–water partition coefficient (Wildman–Crippen LogP) is 2.31. The molecule has 1 aromatic rings. The standard InChI is InChI=1S/C21H32N2O5/c1-15(2)8-6-4-5-7-9-20(25)23-13-16-10-11-18(19(12-16)27-3)28-21(26)17(22)14-24/h6,8,10-12,15,17,24H,4-5,7,9,13-14,22H2,1-3H3,(H,23,25)/b8-6+/t17-/m0/s1. The van der Waals surface area contributed by atoms with E-state index in [9.17, 15) is 9.59 Å². The Labute approximate surface area is 166 Å². The van der Waals surface area contributed by atoms with E-state index in [1.165, 1.54) is 7.11 Å². The van der Waals surface area contributed by atoms with Gasteiger partial charge < -0.3 is 25.6 Å². The molecule has 4 N–H and O–H groups in total. The van der Waals surface area contributed by atoms with Crippen molar-refractivity contribution < 1.29 is 24.2 Å². The fourth-order valence-electron chi connectivity index (χ4n) is 2.37. The van der Waals surface area contributed by atoms with Gasteiger partial charge in [0.2, 0.25) is 5.91 Å². The number of nitrogens with two attached hydrogens (primary N) is 1. The molecule has 28 heavy (non-hydrogen) atoms. The van der Waals surface area contributed by atoms with Gasteiger partial charge in [0.05, 0.1) is 13.7 Å². The lowest BCUT2D eigenvalue weighted by molar-refractivity contribution is -0.136. The predicted molar refractivity (Wildman–Crippen MR) is 108 cm³/mol. The first-order chi connectivity index (χ1) is 13.4. The van der Waals surface area contributed by atoms with Crippen molar-refractivity contribution in [2.24, 2.45) is 11.7 Å². The number of aliphatic hydroxyl groups excluding tert-OH is 1. The number of amides is 1. The topological polar surface area (TPSA) is 111 Å². The van der Waals surface area contributed by atoms with E-state index in [0.717, 1.165) is 24.8 Å². The minimum atomic E-state index is -1.11. The van der Waals surface area contributed by atoms with Crippen molar-refractivity contribution in [3.05, 3.63) is 35.9 Å². The van der Waals surface area contributed by atoms with Crippen LogP contribution in [0.2, 0.25) is 0 Å². The van der Waals surface area contributed by atoms with Crippen molar-refractivity contribution in [2.45, 2.75) is 52.1 Å². The van der Waals surface area contributed by atoms with Crippen molar-refractivity contribution in [2.75, 3.05) is 13.7 Å². The number of allylic oxidation sites excluding steroid dienone is 2. The summed E-state index contributed by atoms with van der Waals surface area (Å²) in [6.07, 6.45) is 7.64. The van der Waals surface area contributed by atoms with Gasteiger partial charge in [0.25, 0.3) is 0 Å². The summed E-state index contributed by atoms with van der Waals surface area (Å²) in [6.45, 7) is 4.13. The van der Waals surface area contributed by atoms with E-state index < -0.39 is 18.6 Å². The molecule has 156 valence electrons. The number of hydrogen-bond acceptors (Lipinski definition) is 6. The van der Waals surface area contributed by atoms with Crippen LogP contribution in [0.15, 0.2) is 30.4 Å². The number of esters is 1. The number of methoxy groups -OCH3 is 1. The van der Waals surface area contributed by atoms with Crippen molar-refractivity contribution in [1.29, 1.82) is 0 Å². The van der Waals surface area contributed by atoms with Crippen LogP contribution in [0.3, 0.4) is 0 Å². The number of benzene rings is 1. The summed E-state index contributed by atoms with van der Waals surface area (Å²) >= 11 is 0. The molecule has 0 aliphatic rings. The number of carbonyl (C=O) groups is 2. The van der Waals surface area contributed by atoms with Gasteiger partial charge in [-0.25, -0.2) is 4.79 Å². The summed E-state index contributed by atoms with van der Waals surface area (Å²) in [7, 11) is 1.45. The van der Waals surface area contributed by atoms with Crippen LogP contribution in [-0.2, 0) is 16.1 Å². The fourth-order valence-corrected chi connectivity index (χ4v) is 2.37. The monoisotopic (exact) mass is 392 g/mol. The minimum absolute atomic E-state index is 0.00349. The largest absolute Gasteiger partial charge is 0.493 e. The molecule has 0 aromatic heterocycles. The van der Waals surface area contributed by atoms with Gasteiger partial charge in [0.1, 0.15) is 6.04 Å². The zero-order chi connectivity index (χ0) is 20.9. The maximum atomic E-state index is 12.0. The first-order valence-electron chi connectivity index (χ1n) is 9.55. The second-order valence-electron chi connectivity index (χ2n) is 6.89. The van der Waals surface area contributed by atoms with Crippen LogP contribution in [0.1, 0.15) is 45.1 Å². The van der Waals surface area contributed by atoms with Gasteiger partial charge in [0.15, 0.2) is 11.5 Å². The van der Waals surface area contributed by atoms with Crippen molar-refractivity contribution in [1.82, 2.24) is 5.32 Å². The van der Waals surface area contributed by atoms with E-state index >= 15 is 0 Å². The Kier molecular flexibility index (Phi) is 10.9. The molecule has 1 amide bonds. The molecular weight excluding hydrogens is 360 g/mol. The molecule has 0 saturated carbocycles. The summed E-state index contributed by atoms with van der Waals surface area (Å²) in [5.74, 6) is 0.367. The molecule has 7 heteroatoms. The highest BCUT2D eigenvalue weighted by Gasteiger charge is 2.17. The molecule has 1 aromatic carbocycles. The highest BCUT2D eigenvalue weighted by Crippen LogP contribution is 2.28. The summed E-state index contributed by atoms with van der Waals surface area (Å²) in [5, 5.41) is 11.8. The molecule has 0 aliphatic carbocycles. The maximum Gasteiger partial charge on any atom is 0.330 e. The zero-order valence-corrected chi connectivity index (χ0v) is 16.9. The lowest BCUT2D eigenvalue weighted by Gasteiger charge is -2.13. The van der Waals surface area contributed by atoms with Crippen LogP contribution in [-0.4, -0.2) is 36.7 Å². The van der Waals surface area contributed by atoms with E-state index in [-0.39, 0.29) is 11.7 Å². The molecule has 0 unspecified atom stereocenters. The van der Waals surface area contributed by atoms with E-state index in [1.807, 2.05) is 0 Å². The van der Waals surface area contributed by atoms with Crippen molar-refractivity contribution >= 4 is 11.9 Å². The number of nitrogens with one attached hydrogen (secondary N) is 1. The molecule has 0 aliphatic heterocycles. The Balaban J connectivity index is 2.45. The minimum Gasteiger partial charge on any atom is -0.493 e. The number of carbonyl (C=O) groups excluding carboxylic acids is 2. The van der Waals surface area contributed by atoms with Gasteiger partial charge in [-0.05, 0) is 42.9 Å². The lowest BCUT2D eigenvalue weighted by Crippen LogP contribution is -2.37. The lowest BCUT2D eigenvalue weighted by atomic mass is 10.1. The number of unbranched alkanes of at least 4 members (excludes halogenated alkanes) is 2. The Morgan fingerprint density at radius 3 is 2.64 bits per heavy atom. The van der Waals surface area contributed by atoms with Gasteiger partial charge in [-0.3, -0.25) is 4.79 Å². The Morgan fingerprint density at radius 2 is 2.00 bits per heavy atom. The van der Waals surface area contributed by atoms with Crippen LogP contribution in [0.25, 0.3) is 0 Å². The third-order valence-electron chi connectivity index (χ3n) is 3.97. The third kappa shape index (κ3) is 9.01. The fraction of sp³-hybridized carbons (Fsp3) is 0.524. The highest BCUT2D eigenvalue weighted by molar-refractivity contribution is 5.79. The van der Waals surface area contributed by atoms with Crippen LogP contribution in [0.5, 0.6) is 11.5 Å². The van der Waals surface area contributed by atoms with E-state index in [4.69, 9.17) is 20.3 Å². The van der Waals surface area contributed by atoms with Gasteiger partial charge in [0, 0.05) is 13.0 Å². The van der Waals surface area contributed by atoms with E-state index in [0.29, 0.717) is 24.6 Å². The molecule has 0 heterocycles. The van der Waals surface area contributed by atoms with E-state index in [2.05, 4.69) is 31.3 Å². The summed E-state index contributed by atoms with van der Waals surface area (Å²) in [4.78, 5) is 23.7. The Morgan fingerprint density at radius 1 is 1.25 bits per heavy atom. The quantitative estimate of drug-likeness (QED) is 0.218. The molecule has 0 spiro atoms. The Bertz CT molecular complexity index is 658. The number of hydrogen-bond donors (Lipinski definition) is 3. The molecule has 1 rings (SSSR count). The first kappa shape index (κ1) is 23.7. The van der Waals surface area contributed by atoms with Crippen LogP contribution in [0, 0.1) is 5.92 Å². The normalized spacial score (nSPS) is 12.2. The van der Waals surface area contributed by atoms with Gasteiger partial charge in [-0.15, -0.1) is 0 Å². The first-order valence-corrected chi connectivity index (χ1v) is 9.55. The second-order valence-corrected chi connectivity index (χ2v) is 6.89. The molecule has 0 bridgehead atoms. The van der Waals surface area contributed by atoms with E-state index in [1.54, 1.807) is 18.2 Å². The van der Waals surface area contributed by atoms with Gasteiger partial charge in [-0.2, -0.15) is 0 Å². The molecular formula is C21H32N2O5. The summed E-state index contributed by atoms with van der Waals surface area (Å²) in [5.41, 5.74) is 6.25. The number of aliphatic hydroxyl groups is 1. The van der Waals surface area contributed by atoms with Crippen molar-refractivity contribution in [3.63, 3.8) is 0 Å². The van der Waals surface area contributed by atoms with Crippen molar-refractivity contribution in [3.8, 4) is 11.5 Å². The maximum absolute atomic E-state index is 12.0. The third-order valence-corrected chi connectivity index (χ3v) is 3.97. The highest BCUT2D eigenvalue weighted by atomic mass is 16.6. The van der Waals surface area contributed by atoms with Crippen LogP contribution < -0.4 is 20.5 Å². The van der Waals surface area contributed by atoms with Crippen LogP contribution >= 0.6 is 0 Å². The average molecular weight is 392 g/mol. The number of ether oxygens (including phenoxy) is 2. The van der Waals surface area contributed by atoms with Gasteiger partial charge >= 0.3 is 5.97 Å². The number of rotatable bonds is 12. The molecule has 0 saturated heterocycles. The molecule has 7 nitrogen and oxygen atoms in total. The zero-order valence-electron chi connectivity index (χ0n) is 16.9. The summed E-state index contributed by atoms with van der Waals surface area (Å²) < 4.78 is 10.4. The van der Waals surface area contributed by atoms with Crippen LogP contribution in [0.4, 0.5) is 0 Å². The SMILES string of the molecule is COc1cc(CNC(=O)CCCC/C=C/C(C)C)ccc1OC(=O)[C@@H](N)CO. The smallest absolute Gasteiger partial charge is 0.330 e. The Hall–Kier alpha value is -2.38. The van der Waals surface area contributed by atoms with Gasteiger partial charge in [-0.1, -0.05) is 32.1 Å². The average Bonchev–Trinajstić information content (AvgIpc) is 2.68. The molecule has 1 atom stereocenters. The second kappa shape index (κ2) is 12.9. The molecule has 0 radical (unpaired) electrons.